The van der Waals surface area contributed by atoms with Gasteiger partial charge in [0.2, 0.25) is 0 Å². The molecular formula is C21H19FN4OS. The van der Waals surface area contributed by atoms with Gasteiger partial charge in [-0.15, -0.1) is 0 Å². The zero-order valence-electron chi connectivity index (χ0n) is 15.5. The van der Waals surface area contributed by atoms with Gasteiger partial charge in [0.25, 0.3) is 5.91 Å². The Morgan fingerprint density at radius 2 is 1.93 bits per heavy atom. The molecule has 0 saturated heterocycles. The lowest BCUT2D eigenvalue weighted by Gasteiger charge is -2.31. The minimum atomic E-state index is -0.370. The van der Waals surface area contributed by atoms with E-state index in [0.29, 0.717) is 16.3 Å². The van der Waals surface area contributed by atoms with E-state index < -0.39 is 0 Å². The highest BCUT2D eigenvalue weighted by Crippen LogP contribution is 2.34. The number of amides is 1. The normalized spacial score (nSPS) is 16.0. The maximum atomic E-state index is 13.3. The van der Waals surface area contributed by atoms with E-state index in [0.717, 1.165) is 27.3 Å². The Labute approximate surface area is 166 Å². The van der Waals surface area contributed by atoms with Crippen LogP contribution in [0.4, 0.5) is 10.1 Å². The molecule has 2 heterocycles. The topological polar surface area (TPSA) is 70.7 Å². The molecule has 0 atom stereocenters. The van der Waals surface area contributed by atoms with Gasteiger partial charge in [-0.3, -0.25) is 4.79 Å². The number of nitrogens with two attached hydrogens (primary N) is 1. The monoisotopic (exact) mass is 394 g/mol. The average Bonchev–Trinajstić information content (AvgIpc) is 2.65. The van der Waals surface area contributed by atoms with Crippen molar-refractivity contribution < 1.29 is 9.18 Å². The Kier molecular flexibility index (Phi) is 4.68. The number of aryl methyl sites for hydroxylation is 2. The fraction of sp³-hybridized carbons (Fsp3) is 0.143. The number of benzene rings is 2. The number of nitrogens with zero attached hydrogens (tertiary/aromatic N) is 2. The lowest BCUT2D eigenvalue weighted by molar-refractivity contribution is -0.116. The highest BCUT2D eigenvalue weighted by molar-refractivity contribution is 8.14. The van der Waals surface area contributed by atoms with Gasteiger partial charge in [0.1, 0.15) is 17.5 Å². The van der Waals surface area contributed by atoms with Gasteiger partial charge in [-0.2, -0.15) is 5.10 Å². The first-order valence-corrected chi connectivity index (χ1v) is 9.62. The molecule has 0 radical (unpaired) electrons. The molecule has 0 aliphatic carbocycles. The van der Waals surface area contributed by atoms with Crippen molar-refractivity contribution in [1.82, 2.24) is 10.3 Å². The summed E-state index contributed by atoms with van der Waals surface area (Å²) in [5, 5.41) is 10.0. The molecule has 28 heavy (non-hydrogen) atoms. The summed E-state index contributed by atoms with van der Waals surface area (Å²) in [6, 6.07) is 10.3. The van der Waals surface area contributed by atoms with Crippen molar-refractivity contribution in [2.75, 3.05) is 12.4 Å². The van der Waals surface area contributed by atoms with Crippen molar-refractivity contribution >= 4 is 34.0 Å². The van der Waals surface area contributed by atoms with Crippen LogP contribution < -0.4 is 11.1 Å². The van der Waals surface area contributed by atoms with Crippen LogP contribution in [0.3, 0.4) is 0 Å². The van der Waals surface area contributed by atoms with Crippen LogP contribution in [0.1, 0.15) is 16.7 Å². The van der Waals surface area contributed by atoms with Gasteiger partial charge in [0.15, 0.2) is 0 Å². The number of rotatable bonds is 2. The van der Waals surface area contributed by atoms with Gasteiger partial charge in [-0.05, 0) is 60.9 Å². The first-order valence-electron chi connectivity index (χ1n) is 8.80. The zero-order valence-corrected chi connectivity index (χ0v) is 16.3. The van der Waals surface area contributed by atoms with E-state index in [-0.39, 0.29) is 18.4 Å². The van der Waals surface area contributed by atoms with Crippen LogP contribution in [0.5, 0.6) is 0 Å². The number of halogens is 1. The summed E-state index contributed by atoms with van der Waals surface area (Å²) in [6.07, 6.45) is 3.75. The van der Waals surface area contributed by atoms with E-state index in [1.807, 2.05) is 44.2 Å². The Morgan fingerprint density at radius 3 is 2.64 bits per heavy atom. The molecule has 0 bridgehead atoms. The minimum Gasteiger partial charge on any atom is -0.398 e. The highest BCUT2D eigenvalue weighted by Gasteiger charge is 2.29. The molecule has 1 amide bonds. The van der Waals surface area contributed by atoms with Crippen molar-refractivity contribution in [3.05, 3.63) is 76.8 Å². The third-order valence-electron chi connectivity index (χ3n) is 4.67. The molecule has 0 saturated carbocycles. The van der Waals surface area contributed by atoms with Crippen molar-refractivity contribution in [3.63, 3.8) is 0 Å². The zero-order chi connectivity index (χ0) is 19.8. The van der Waals surface area contributed by atoms with Crippen molar-refractivity contribution in [1.29, 1.82) is 0 Å². The van der Waals surface area contributed by atoms with Gasteiger partial charge >= 0.3 is 0 Å². The van der Waals surface area contributed by atoms with Gasteiger partial charge in [0, 0.05) is 10.6 Å². The fourth-order valence-electron chi connectivity index (χ4n) is 3.36. The van der Waals surface area contributed by atoms with Crippen LogP contribution in [0.15, 0.2) is 64.2 Å². The number of nitrogen functional groups attached to an aromatic ring is 1. The molecule has 3 N–H and O–H groups in total. The second-order valence-corrected chi connectivity index (χ2v) is 7.71. The molecule has 2 aliphatic rings. The number of thioether (sulfide) groups is 1. The predicted molar refractivity (Wildman–Crippen MR) is 111 cm³/mol. The number of fused-ring (bicyclic) bond motifs is 1. The number of hydrogen-bond donors (Lipinski definition) is 2. The smallest absolute Gasteiger partial charge is 0.255 e. The number of hydrazone groups is 1. The van der Waals surface area contributed by atoms with E-state index in [2.05, 4.69) is 10.4 Å². The Morgan fingerprint density at radius 1 is 1.18 bits per heavy atom. The number of carbonyl (C=O) groups excluding carboxylic acids is 1. The standard InChI is InChI=1S/C21H19FN4OS/c1-12-4-3-5-13(2)19(12)20-16-7-9-18(25-26(16)11-24-21(20)27)28-17-8-6-14(22)10-15(17)23/h3-10H,11,23H2,1-2H3,(H,24,27). The summed E-state index contributed by atoms with van der Waals surface area (Å²) >= 11 is 1.35. The molecule has 0 fully saturated rings. The maximum absolute atomic E-state index is 13.3. The lowest BCUT2D eigenvalue weighted by atomic mass is 9.92. The SMILES string of the molecule is Cc1cccc(C)c1C1=C2C=CC(Sc3ccc(F)cc3N)=NN2CNC1=O. The molecule has 0 unspecified atom stereocenters. The summed E-state index contributed by atoms with van der Waals surface area (Å²) in [6.45, 7) is 4.28. The summed E-state index contributed by atoms with van der Waals surface area (Å²) < 4.78 is 13.3. The average molecular weight is 394 g/mol. The van der Waals surface area contributed by atoms with Crippen LogP contribution in [0, 0.1) is 19.7 Å². The largest absolute Gasteiger partial charge is 0.398 e. The first kappa shape index (κ1) is 18.3. The number of nitrogens with one attached hydrogen (secondary N) is 1. The second kappa shape index (κ2) is 7.16. The summed E-state index contributed by atoms with van der Waals surface area (Å²) in [5.74, 6) is -0.479. The molecule has 2 aromatic rings. The third-order valence-corrected chi connectivity index (χ3v) is 5.69. The second-order valence-electron chi connectivity index (χ2n) is 6.65. The van der Waals surface area contributed by atoms with E-state index in [1.165, 1.54) is 23.9 Å². The Balaban J connectivity index is 1.71. The van der Waals surface area contributed by atoms with Gasteiger partial charge in [-0.1, -0.05) is 30.0 Å². The molecule has 2 aliphatic heterocycles. The quantitative estimate of drug-likeness (QED) is 0.760. The molecule has 4 rings (SSSR count). The Bertz CT molecular complexity index is 1050. The third kappa shape index (κ3) is 3.29. The van der Waals surface area contributed by atoms with Crippen molar-refractivity contribution in [2.45, 2.75) is 18.7 Å². The van der Waals surface area contributed by atoms with Crippen LogP contribution >= 0.6 is 11.8 Å². The fourth-order valence-corrected chi connectivity index (χ4v) is 4.17. The summed E-state index contributed by atoms with van der Waals surface area (Å²) in [7, 11) is 0. The summed E-state index contributed by atoms with van der Waals surface area (Å²) in [5.41, 5.74) is 10.7. The molecule has 2 aromatic carbocycles. The highest BCUT2D eigenvalue weighted by atomic mass is 32.2. The predicted octanol–water partition coefficient (Wildman–Crippen LogP) is 3.80. The molecular weight excluding hydrogens is 375 g/mol. The number of anilines is 1. The van der Waals surface area contributed by atoms with Crippen LogP contribution in [-0.2, 0) is 4.79 Å². The van der Waals surface area contributed by atoms with E-state index >= 15 is 0 Å². The van der Waals surface area contributed by atoms with Crippen LogP contribution in [0.2, 0.25) is 0 Å². The number of hydrogen-bond acceptors (Lipinski definition) is 5. The molecule has 0 spiro atoms. The van der Waals surface area contributed by atoms with Crippen LogP contribution in [-0.4, -0.2) is 22.6 Å². The van der Waals surface area contributed by atoms with Crippen LogP contribution in [0.25, 0.3) is 5.57 Å². The van der Waals surface area contributed by atoms with E-state index in [4.69, 9.17) is 5.73 Å². The Hall–Kier alpha value is -3.06. The van der Waals surface area contributed by atoms with Crippen molar-refractivity contribution in [3.8, 4) is 0 Å². The molecule has 7 heteroatoms. The molecule has 142 valence electrons. The molecule has 5 nitrogen and oxygen atoms in total. The minimum absolute atomic E-state index is 0.109. The first-order chi connectivity index (χ1) is 13.4. The van der Waals surface area contributed by atoms with E-state index in [1.54, 1.807) is 11.1 Å². The number of carbonyl (C=O) groups is 1. The van der Waals surface area contributed by atoms with Gasteiger partial charge in [0.05, 0.1) is 11.3 Å². The van der Waals surface area contributed by atoms with Gasteiger partial charge < -0.3 is 11.1 Å². The maximum Gasteiger partial charge on any atom is 0.255 e. The van der Waals surface area contributed by atoms with E-state index in [9.17, 15) is 9.18 Å². The van der Waals surface area contributed by atoms with Crippen molar-refractivity contribution in [2.24, 2.45) is 5.10 Å². The lowest BCUT2D eigenvalue weighted by Crippen LogP contribution is -2.42. The van der Waals surface area contributed by atoms with Gasteiger partial charge in [-0.25, -0.2) is 9.40 Å². The number of allylic oxidation sites excluding steroid dienone is 1. The molecule has 0 aromatic heterocycles. The summed E-state index contributed by atoms with van der Waals surface area (Å²) in [4.78, 5) is 13.4.